The molecule has 0 bridgehead atoms. The quantitative estimate of drug-likeness (QED) is 0.395. The molecule has 1 aliphatic heterocycles. The summed E-state index contributed by atoms with van der Waals surface area (Å²) < 4.78 is 39.2. The summed E-state index contributed by atoms with van der Waals surface area (Å²) in [6, 6.07) is 18.4. The third kappa shape index (κ3) is 4.06. The maximum absolute atomic E-state index is 13.1. The number of likely N-dealkylation sites (tertiary alicyclic amines) is 1. The highest BCUT2D eigenvalue weighted by Crippen LogP contribution is 2.46. The van der Waals surface area contributed by atoms with E-state index in [1.807, 2.05) is 6.07 Å². The summed E-state index contributed by atoms with van der Waals surface area (Å²) in [6.07, 6.45) is -2.14. The molecule has 1 fully saturated rings. The van der Waals surface area contributed by atoms with Gasteiger partial charge in [-0.05, 0) is 72.2 Å². The predicted octanol–water partition coefficient (Wildman–Crippen LogP) is 7.50. The van der Waals surface area contributed by atoms with Gasteiger partial charge in [0.15, 0.2) is 0 Å². The first-order chi connectivity index (χ1) is 15.3. The first-order valence-electron chi connectivity index (χ1n) is 11.1. The molecule has 0 N–H and O–H groups in total. The Kier molecular flexibility index (Phi) is 5.55. The normalized spacial score (nSPS) is 20.8. The van der Waals surface area contributed by atoms with E-state index in [0.29, 0.717) is 17.4 Å². The number of benzene rings is 3. The molecule has 0 radical (unpaired) electrons. The number of piperidine rings is 1. The van der Waals surface area contributed by atoms with E-state index in [0.717, 1.165) is 43.8 Å². The fourth-order valence-electron chi connectivity index (χ4n) is 5.45. The number of fused-ring (bicyclic) bond motifs is 3. The molecule has 5 heteroatoms. The van der Waals surface area contributed by atoms with Gasteiger partial charge in [-0.15, -0.1) is 0 Å². The highest BCUT2D eigenvalue weighted by molar-refractivity contribution is 6.33. The van der Waals surface area contributed by atoms with Crippen LogP contribution in [-0.2, 0) is 19.1 Å². The third-order valence-corrected chi connectivity index (χ3v) is 7.38. The summed E-state index contributed by atoms with van der Waals surface area (Å²) in [4.78, 5) is 2.53. The number of alkyl halides is 3. The molecule has 5 rings (SSSR count). The minimum Gasteiger partial charge on any atom is -0.298 e. The Balaban J connectivity index is 1.45. The van der Waals surface area contributed by atoms with Gasteiger partial charge < -0.3 is 0 Å². The summed E-state index contributed by atoms with van der Waals surface area (Å²) >= 11 is 6.32. The lowest BCUT2D eigenvalue weighted by molar-refractivity contribution is -0.137. The minimum absolute atomic E-state index is 0.142. The number of aryl methyl sites for hydroxylation is 1. The lowest BCUT2D eigenvalue weighted by atomic mass is 9.85. The molecular formula is C27H25ClF3N. The maximum atomic E-state index is 13.1. The van der Waals surface area contributed by atoms with Crippen LogP contribution in [0.3, 0.4) is 0 Å². The summed E-state index contributed by atoms with van der Waals surface area (Å²) in [5.74, 6) is 1.09. The Morgan fingerprint density at radius 3 is 2.53 bits per heavy atom. The molecule has 3 aromatic rings. The van der Waals surface area contributed by atoms with Gasteiger partial charge in [-0.1, -0.05) is 60.1 Å². The van der Waals surface area contributed by atoms with Crippen molar-refractivity contribution in [1.29, 1.82) is 0 Å². The van der Waals surface area contributed by atoms with E-state index >= 15 is 0 Å². The van der Waals surface area contributed by atoms with Gasteiger partial charge in [-0.25, -0.2) is 0 Å². The zero-order chi connectivity index (χ0) is 22.5. The van der Waals surface area contributed by atoms with E-state index in [1.54, 1.807) is 0 Å². The second-order valence-corrected chi connectivity index (χ2v) is 9.54. The van der Waals surface area contributed by atoms with Crippen molar-refractivity contribution < 1.29 is 13.2 Å². The summed E-state index contributed by atoms with van der Waals surface area (Å²) in [5, 5.41) is 0.142. The average Bonchev–Trinajstić information content (AvgIpc) is 3.12. The summed E-state index contributed by atoms with van der Waals surface area (Å²) in [5.41, 5.74) is 6.13. The van der Waals surface area contributed by atoms with Crippen molar-refractivity contribution in [3.05, 3.63) is 93.5 Å². The van der Waals surface area contributed by atoms with Crippen molar-refractivity contribution in [3.63, 3.8) is 0 Å². The molecule has 0 unspecified atom stereocenters. The van der Waals surface area contributed by atoms with Crippen LogP contribution in [0, 0.1) is 12.8 Å². The van der Waals surface area contributed by atoms with Crippen molar-refractivity contribution >= 4 is 11.6 Å². The van der Waals surface area contributed by atoms with E-state index in [4.69, 9.17) is 11.6 Å². The average molecular weight is 456 g/mol. The van der Waals surface area contributed by atoms with Gasteiger partial charge in [-0.2, -0.15) is 13.2 Å². The van der Waals surface area contributed by atoms with Crippen LogP contribution in [-0.4, -0.2) is 18.0 Å². The van der Waals surface area contributed by atoms with Crippen LogP contribution >= 0.6 is 11.6 Å². The Hall–Kier alpha value is -2.30. The molecule has 32 heavy (non-hydrogen) atoms. The monoisotopic (exact) mass is 455 g/mol. The molecule has 166 valence electrons. The minimum atomic E-state index is -4.40. The largest absolute Gasteiger partial charge is 0.416 e. The van der Waals surface area contributed by atoms with Crippen molar-refractivity contribution in [2.45, 2.75) is 38.4 Å². The van der Waals surface area contributed by atoms with Crippen molar-refractivity contribution in [2.24, 2.45) is 5.92 Å². The van der Waals surface area contributed by atoms with Crippen LogP contribution in [0.15, 0.2) is 60.7 Å². The first-order valence-corrected chi connectivity index (χ1v) is 11.4. The molecule has 0 aromatic heterocycles. The molecule has 1 saturated heterocycles. The highest BCUT2D eigenvalue weighted by atomic mass is 35.5. The standard InChI is InChI=1S/C27H25ClF3N/c1-17-11-20(22-8-7-21(14-26(22)28)27(29,30)31)13-24-23(17)12-19-9-10-32(16-25(19)24)15-18-5-3-2-4-6-18/h2-8,11,13-14,19,25H,9-10,12,15-16H2,1H3/t19-,25-/m1/s1. The maximum Gasteiger partial charge on any atom is 0.416 e. The number of halogens is 4. The van der Waals surface area contributed by atoms with E-state index in [2.05, 4.69) is 48.2 Å². The molecule has 1 heterocycles. The van der Waals surface area contributed by atoms with Gasteiger partial charge in [0.25, 0.3) is 0 Å². The molecule has 0 saturated carbocycles. The molecule has 1 nitrogen and oxygen atoms in total. The number of hydrogen-bond donors (Lipinski definition) is 0. The Morgan fingerprint density at radius 1 is 1.03 bits per heavy atom. The fraction of sp³-hybridized carbons (Fsp3) is 0.333. The second kappa shape index (κ2) is 8.24. The third-order valence-electron chi connectivity index (χ3n) is 7.07. The number of hydrogen-bond acceptors (Lipinski definition) is 1. The summed E-state index contributed by atoms with van der Waals surface area (Å²) in [6.45, 7) is 5.17. The number of nitrogens with zero attached hydrogens (tertiary/aromatic N) is 1. The lowest BCUT2D eigenvalue weighted by Gasteiger charge is -2.35. The summed E-state index contributed by atoms with van der Waals surface area (Å²) in [7, 11) is 0. The smallest absolute Gasteiger partial charge is 0.298 e. The van der Waals surface area contributed by atoms with Gasteiger partial charge in [0.05, 0.1) is 5.56 Å². The van der Waals surface area contributed by atoms with E-state index in [-0.39, 0.29) is 5.02 Å². The van der Waals surface area contributed by atoms with Crippen LogP contribution in [0.4, 0.5) is 13.2 Å². The van der Waals surface area contributed by atoms with Gasteiger partial charge in [0.2, 0.25) is 0 Å². The molecule has 2 aliphatic rings. The first kappa shape index (κ1) is 21.5. The predicted molar refractivity (Wildman–Crippen MR) is 123 cm³/mol. The van der Waals surface area contributed by atoms with Crippen LogP contribution in [0.1, 0.15) is 40.2 Å². The number of rotatable bonds is 3. The van der Waals surface area contributed by atoms with Crippen LogP contribution in [0.5, 0.6) is 0 Å². The fourth-order valence-corrected chi connectivity index (χ4v) is 5.74. The van der Waals surface area contributed by atoms with Crippen LogP contribution in [0.2, 0.25) is 5.02 Å². The Morgan fingerprint density at radius 2 is 1.81 bits per heavy atom. The SMILES string of the molecule is Cc1cc(-c2ccc(C(F)(F)F)cc2Cl)cc2c1C[C@H]1CCN(Cc3ccccc3)C[C@@H]21. The zero-order valence-corrected chi connectivity index (χ0v) is 18.7. The highest BCUT2D eigenvalue weighted by Gasteiger charge is 2.38. The second-order valence-electron chi connectivity index (χ2n) is 9.13. The molecule has 0 amide bonds. The van der Waals surface area contributed by atoms with Crippen LogP contribution in [0.25, 0.3) is 11.1 Å². The van der Waals surface area contributed by atoms with Gasteiger partial charge >= 0.3 is 6.18 Å². The molecule has 0 spiro atoms. The van der Waals surface area contributed by atoms with Gasteiger partial charge in [0.1, 0.15) is 0 Å². The lowest BCUT2D eigenvalue weighted by Crippen LogP contribution is -2.37. The molecular weight excluding hydrogens is 431 g/mol. The molecule has 3 aromatic carbocycles. The zero-order valence-electron chi connectivity index (χ0n) is 17.9. The van der Waals surface area contributed by atoms with E-state index in [9.17, 15) is 13.2 Å². The molecule has 1 aliphatic carbocycles. The molecule has 2 atom stereocenters. The van der Waals surface area contributed by atoms with Crippen LogP contribution < -0.4 is 0 Å². The Labute approximate surface area is 191 Å². The van der Waals surface area contributed by atoms with Crippen molar-refractivity contribution in [2.75, 3.05) is 13.1 Å². The van der Waals surface area contributed by atoms with Crippen molar-refractivity contribution in [1.82, 2.24) is 4.90 Å². The Bertz CT molecular complexity index is 1140. The van der Waals surface area contributed by atoms with Gasteiger partial charge in [0, 0.05) is 29.6 Å². The van der Waals surface area contributed by atoms with Crippen molar-refractivity contribution in [3.8, 4) is 11.1 Å². The van der Waals surface area contributed by atoms with E-state index in [1.165, 1.54) is 34.7 Å². The van der Waals surface area contributed by atoms with Gasteiger partial charge in [-0.3, -0.25) is 4.90 Å². The van der Waals surface area contributed by atoms with E-state index < -0.39 is 11.7 Å². The topological polar surface area (TPSA) is 3.24 Å².